The maximum absolute atomic E-state index is 14.8. The number of fused-ring (bicyclic) bond motifs is 1. The molecule has 0 saturated carbocycles. The lowest BCUT2D eigenvalue weighted by Crippen LogP contribution is -2.34. The van der Waals surface area contributed by atoms with Crippen LogP contribution in [0.15, 0.2) is 45.3 Å². The second-order valence-electron chi connectivity index (χ2n) is 8.21. The highest BCUT2D eigenvalue weighted by Crippen LogP contribution is 2.27. The number of likely N-dealkylation sites (N-methyl/N-ethyl adjacent to an activating group) is 1. The molecule has 210 valence electrons. The number of carboxylic acid groups (broad SMARTS) is 1. The van der Waals surface area contributed by atoms with Crippen molar-refractivity contribution in [1.29, 1.82) is 0 Å². The Labute approximate surface area is 226 Å². The van der Waals surface area contributed by atoms with Gasteiger partial charge in [0.25, 0.3) is 5.56 Å². The van der Waals surface area contributed by atoms with Crippen molar-refractivity contribution < 1.29 is 42.1 Å². The Hall–Kier alpha value is -4.79. The highest BCUT2D eigenvalue weighted by atomic mass is 32.1. The summed E-state index contributed by atoms with van der Waals surface area (Å²) in [6.45, 7) is -0.636. The Bertz CT molecular complexity index is 1730. The first kappa shape index (κ1) is 28.2. The van der Waals surface area contributed by atoms with Crippen LogP contribution in [0.25, 0.3) is 16.6 Å². The molecule has 0 bridgehead atoms. The van der Waals surface area contributed by atoms with Crippen molar-refractivity contribution >= 4 is 34.3 Å². The van der Waals surface area contributed by atoms with Crippen LogP contribution >= 0.6 is 11.3 Å². The fourth-order valence-electron chi connectivity index (χ4n) is 3.71. The average molecular weight is 580 g/mol. The summed E-state index contributed by atoms with van der Waals surface area (Å²) in [6.07, 6.45) is -0.625. The zero-order valence-electron chi connectivity index (χ0n) is 20.8. The minimum atomic E-state index is -1.40. The summed E-state index contributed by atoms with van der Waals surface area (Å²) in [5.41, 5.74) is -3.01. The summed E-state index contributed by atoms with van der Waals surface area (Å²) in [5.74, 6) is -5.09. The number of aromatic carboxylic acids is 1. The van der Waals surface area contributed by atoms with Gasteiger partial charge in [-0.1, -0.05) is 0 Å². The minimum Gasteiger partial charge on any atom is -0.491 e. The molecule has 2 aromatic heterocycles. The van der Waals surface area contributed by atoms with Crippen molar-refractivity contribution in [2.24, 2.45) is 0 Å². The number of carbonyl (C=O) groups is 2. The number of thiophene rings is 1. The van der Waals surface area contributed by atoms with Crippen molar-refractivity contribution in [2.75, 3.05) is 27.3 Å². The van der Waals surface area contributed by atoms with E-state index >= 15 is 0 Å². The van der Waals surface area contributed by atoms with Gasteiger partial charge in [-0.3, -0.25) is 4.79 Å². The number of amides is 1. The van der Waals surface area contributed by atoms with E-state index in [4.69, 9.17) is 9.47 Å². The number of rotatable bonds is 9. The smallest absolute Gasteiger partial charge is 0.409 e. The highest BCUT2D eigenvalue weighted by molar-refractivity contribution is 7.13. The molecule has 0 aliphatic rings. The number of hydrogen-bond donors (Lipinski definition) is 2. The lowest BCUT2D eigenvalue weighted by Gasteiger charge is -2.18. The van der Waals surface area contributed by atoms with Gasteiger partial charge in [-0.25, -0.2) is 32.1 Å². The summed E-state index contributed by atoms with van der Waals surface area (Å²) in [7, 11) is 2.65. The van der Waals surface area contributed by atoms with E-state index in [1.165, 1.54) is 30.5 Å². The van der Waals surface area contributed by atoms with E-state index in [9.17, 15) is 37.5 Å². The van der Waals surface area contributed by atoms with Crippen molar-refractivity contribution in [3.8, 4) is 17.2 Å². The molecule has 0 aliphatic heterocycles. The lowest BCUT2D eigenvalue weighted by atomic mass is 10.2. The lowest BCUT2D eigenvalue weighted by molar-refractivity contribution is 0.0704. The standard InChI is InChI=1S/C25H20F3N3O8S/c1-30(25(36)37-2)7-8-38-18-6-5-15(27)20(28)13(18)10-39-12-3-4-14(26)17(9-12)31-22(32)19-16(29-24(31)35)11-40-21(19)23(33)34/h3-6,9,11H,7-8,10H2,1-2H3,(H,29,35)(H,33,34). The monoisotopic (exact) mass is 579 g/mol. The van der Waals surface area contributed by atoms with E-state index in [1.54, 1.807) is 0 Å². The Morgan fingerprint density at radius 1 is 1.10 bits per heavy atom. The van der Waals surface area contributed by atoms with E-state index in [1.807, 2.05) is 0 Å². The zero-order valence-corrected chi connectivity index (χ0v) is 21.6. The second kappa shape index (κ2) is 11.5. The predicted molar refractivity (Wildman–Crippen MR) is 136 cm³/mol. The summed E-state index contributed by atoms with van der Waals surface area (Å²) in [5, 5.41) is 10.3. The summed E-state index contributed by atoms with van der Waals surface area (Å²) in [4.78, 5) is 51.9. The maximum atomic E-state index is 14.8. The molecule has 1 amide bonds. The van der Waals surface area contributed by atoms with E-state index in [0.717, 1.165) is 35.6 Å². The number of carboxylic acids is 1. The molecular formula is C25H20F3N3O8S. The molecular weight excluding hydrogens is 559 g/mol. The Kier molecular flexibility index (Phi) is 8.13. The van der Waals surface area contributed by atoms with Crippen molar-refractivity contribution in [3.05, 3.63) is 84.4 Å². The number of hydrogen-bond acceptors (Lipinski definition) is 8. The topological polar surface area (TPSA) is 140 Å². The number of methoxy groups -OCH3 is 1. The summed E-state index contributed by atoms with van der Waals surface area (Å²) >= 11 is 0.719. The van der Waals surface area contributed by atoms with Crippen molar-refractivity contribution in [2.45, 2.75) is 6.61 Å². The van der Waals surface area contributed by atoms with Crippen LogP contribution in [-0.2, 0) is 11.3 Å². The predicted octanol–water partition coefficient (Wildman–Crippen LogP) is 3.51. The van der Waals surface area contributed by atoms with Crippen molar-refractivity contribution in [1.82, 2.24) is 14.5 Å². The van der Waals surface area contributed by atoms with Crippen LogP contribution in [0.2, 0.25) is 0 Å². The minimum absolute atomic E-state index is 0.0200. The van der Waals surface area contributed by atoms with Gasteiger partial charge in [0.05, 0.1) is 35.8 Å². The zero-order chi connectivity index (χ0) is 29.1. The van der Waals surface area contributed by atoms with E-state index in [0.29, 0.717) is 4.57 Å². The average Bonchev–Trinajstić information content (AvgIpc) is 3.35. The van der Waals surface area contributed by atoms with Gasteiger partial charge in [0.1, 0.15) is 35.4 Å². The first-order valence-corrected chi connectivity index (χ1v) is 12.2. The maximum Gasteiger partial charge on any atom is 0.409 e. The van der Waals surface area contributed by atoms with Gasteiger partial charge in [0.15, 0.2) is 11.6 Å². The molecule has 0 aliphatic carbocycles. The normalized spacial score (nSPS) is 10.9. The number of aromatic nitrogens is 2. The van der Waals surface area contributed by atoms with Gasteiger partial charge < -0.3 is 29.2 Å². The van der Waals surface area contributed by atoms with Crippen LogP contribution in [0, 0.1) is 17.5 Å². The highest BCUT2D eigenvalue weighted by Gasteiger charge is 2.21. The van der Waals surface area contributed by atoms with E-state index in [-0.39, 0.29) is 46.0 Å². The Balaban J connectivity index is 1.63. The molecule has 4 rings (SSSR count). The quantitative estimate of drug-likeness (QED) is 0.307. The van der Waals surface area contributed by atoms with Crippen LogP contribution in [0.4, 0.5) is 18.0 Å². The molecule has 2 N–H and O–H groups in total. The molecule has 0 unspecified atom stereocenters. The fourth-order valence-corrected chi connectivity index (χ4v) is 4.54. The molecule has 0 spiro atoms. The number of carbonyl (C=O) groups excluding carboxylic acids is 1. The SMILES string of the molecule is COC(=O)N(C)CCOc1ccc(F)c(F)c1COc1ccc(F)c(-n2c(=O)[nH]c3csc(C(=O)O)c3c2=O)c1. The largest absolute Gasteiger partial charge is 0.491 e. The molecule has 4 aromatic rings. The van der Waals surface area contributed by atoms with Crippen LogP contribution in [-0.4, -0.2) is 58.9 Å². The number of ether oxygens (including phenoxy) is 3. The molecule has 0 saturated heterocycles. The molecule has 2 aromatic carbocycles. The number of aromatic amines is 1. The van der Waals surface area contributed by atoms with Gasteiger partial charge in [-0.2, -0.15) is 0 Å². The third-order valence-corrected chi connectivity index (χ3v) is 6.68. The first-order chi connectivity index (χ1) is 19.0. The van der Waals surface area contributed by atoms with Crippen LogP contribution in [0.3, 0.4) is 0 Å². The molecule has 0 atom stereocenters. The third-order valence-electron chi connectivity index (χ3n) is 5.71. The third kappa shape index (κ3) is 5.49. The van der Waals surface area contributed by atoms with Gasteiger partial charge in [-0.05, 0) is 24.3 Å². The number of benzene rings is 2. The number of nitrogens with zero attached hydrogens (tertiary/aromatic N) is 2. The summed E-state index contributed by atoms with van der Waals surface area (Å²) in [6, 6.07) is 5.01. The first-order valence-electron chi connectivity index (χ1n) is 11.3. The van der Waals surface area contributed by atoms with Crippen LogP contribution < -0.4 is 20.7 Å². The van der Waals surface area contributed by atoms with Gasteiger partial charge in [0, 0.05) is 18.5 Å². The molecule has 0 fully saturated rings. The van der Waals surface area contributed by atoms with Crippen LogP contribution in [0.1, 0.15) is 15.2 Å². The number of H-pyrrole nitrogens is 1. The van der Waals surface area contributed by atoms with E-state index < -0.39 is 53.1 Å². The molecule has 0 radical (unpaired) electrons. The van der Waals surface area contributed by atoms with Gasteiger partial charge in [0.2, 0.25) is 0 Å². The number of halogens is 3. The van der Waals surface area contributed by atoms with Crippen molar-refractivity contribution in [3.63, 3.8) is 0 Å². The van der Waals surface area contributed by atoms with Gasteiger partial charge >= 0.3 is 17.8 Å². The van der Waals surface area contributed by atoms with Crippen LogP contribution in [0.5, 0.6) is 11.5 Å². The molecule has 2 heterocycles. The van der Waals surface area contributed by atoms with E-state index in [2.05, 4.69) is 9.72 Å². The molecule has 11 nitrogen and oxygen atoms in total. The number of nitrogens with one attached hydrogen (secondary N) is 1. The summed E-state index contributed by atoms with van der Waals surface area (Å²) < 4.78 is 59.4. The molecule has 40 heavy (non-hydrogen) atoms. The van der Waals surface area contributed by atoms with Gasteiger partial charge in [-0.15, -0.1) is 11.3 Å². The Morgan fingerprint density at radius 3 is 2.52 bits per heavy atom. The molecule has 15 heteroatoms. The Morgan fingerprint density at radius 2 is 1.82 bits per heavy atom. The second-order valence-corrected chi connectivity index (χ2v) is 9.09. The fraction of sp³-hybridized carbons (Fsp3) is 0.200.